The van der Waals surface area contributed by atoms with E-state index < -0.39 is 9.84 Å². The third-order valence-electron chi connectivity index (χ3n) is 2.52. The van der Waals surface area contributed by atoms with E-state index in [0.29, 0.717) is 26.1 Å². The van der Waals surface area contributed by atoms with Crippen molar-refractivity contribution in [2.45, 2.75) is 19.8 Å². The number of nitrogens with two attached hydrogens (primary N) is 1. The first-order valence-corrected chi connectivity index (χ1v) is 7.99. The number of hydrogen-bond acceptors (Lipinski definition) is 5. The van der Waals surface area contributed by atoms with Gasteiger partial charge in [-0.3, -0.25) is 4.90 Å². The molecule has 0 radical (unpaired) electrons. The summed E-state index contributed by atoms with van der Waals surface area (Å²) in [5.41, 5.74) is 5.46. The first kappa shape index (κ1) is 16.8. The molecule has 0 rings (SSSR count). The van der Waals surface area contributed by atoms with Crippen LogP contribution in [0, 0.1) is 0 Å². The Labute approximate surface area is 105 Å². The van der Waals surface area contributed by atoms with Crippen LogP contribution in [0.5, 0.6) is 0 Å². The first-order chi connectivity index (χ1) is 8.05. The molecule has 6 heteroatoms. The van der Waals surface area contributed by atoms with Crippen LogP contribution >= 0.6 is 0 Å². The molecule has 104 valence electrons. The molecule has 0 aromatic rings. The lowest BCUT2D eigenvalue weighted by molar-refractivity contribution is 0.151. The van der Waals surface area contributed by atoms with Gasteiger partial charge in [-0.25, -0.2) is 8.42 Å². The van der Waals surface area contributed by atoms with Crippen molar-refractivity contribution >= 4 is 9.84 Å². The van der Waals surface area contributed by atoms with E-state index in [1.165, 1.54) is 0 Å². The summed E-state index contributed by atoms with van der Waals surface area (Å²) in [7, 11) is -1.24. The number of methoxy groups -OCH3 is 1. The number of rotatable bonds is 11. The van der Waals surface area contributed by atoms with Gasteiger partial charge < -0.3 is 10.5 Å². The van der Waals surface area contributed by atoms with Crippen LogP contribution < -0.4 is 5.73 Å². The second kappa shape index (κ2) is 9.82. The third kappa shape index (κ3) is 9.52. The molecule has 0 aliphatic heterocycles. The zero-order valence-electron chi connectivity index (χ0n) is 11.0. The molecule has 0 fully saturated rings. The molecule has 0 aliphatic rings. The van der Waals surface area contributed by atoms with Gasteiger partial charge in [-0.2, -0.15) is 0 Å². The number of ether oxygens (including phenoxy) is 1. The second-order valence-electron chi connectivity index (χ2n) is 4.13. The lowest BCUT2D eigenvalue weighted by atomic mass is 10.4. The van der Waals surface area contributed by atoms with Crippen molar-refractivity contribution in [3.63, 3.8) is 0 Å². The first-order valence-electron chi connectivity index (χ1n) is 6.17. The Morgan fingerprint density at radius 3 is 2.41 bits per heavy atom. The van der Waals surface area contributed by atoms with Crippen LogP contribution in [-0.2, 0) is 14.6 Å². The van der Waals surface area contributed by atoms with E-state index in [2.05, 4.69) is 4.90 Å². The number of sulfone groups is 1. The molecule has 0 aromatic heterocycles. The van der Waals surface area contributed by atoms with Crippen molar-refractivity contribution < 1.29 is 13.2 Å². The van der Waals surface area contributed by atoms with Gasteiger partial charge in [-0.05, 0) is 25.9 Å². The highest BCUT2D eigenvalue weighted by Gasteiger charge is 2.12. The Hall–Kier alpha value is -0.170. The zero-order chi connectivity index (χ0) is 13.1. The van der Waals surface area contributed by atoms with Crippen LogP contribution in [0.1, 0.15) is 19.8 Å². The molecule has 17 heavy (non-hydrogen) atoms. The molecule has 0 aromatic carbocycles. The molecule has 0 saturated heterocycles. The summed E-state index contributed by atoms with van der Waals surface area (Å²) in [5, 5.41) is 0. The van der Waals surface area contributed by atoms with Gasteiger partial charge in [-0.1, -0.05) is 6.92 Å². The van der Waals surface area contributed by atoms with Gasteiger partial charge in [0.25, 0.3) is 0 Å². The molecule has 0 atom stereocenters. The van der Waals surface area contributed by atoms with Gasteiger partial charge in [0.2, 0.25) is 0 Å². The van der Waals surface area contributed by atoms with Crippen molar-refractivity contribution in [3.8, 4) is 0 Å². The molecule has 0 spiro atoms. The van der Waals surface area contributed by atoms with Gasteiger partial charge in [-0.15, -0.1) is 0 Å². The molecular formula is C11H26N2O3S. The van der Waals surface area contributed by atoms with E-state index in [-0.39, 0.29) is 11.5 Å². The number of hydrogen-bond donors (Lipinski definition) is 1. The molecule has 0 unspecified atom stereocenters. The molecule has 0 aliphatic carbocycles. The standard InChI is InChI=1S/C11H26N2O3S/c1-3-10-17(14,15)11-8-13(6-4-5-12)7-9-16-2/h3-12H2,1-2H3. The fourth-order valence-electron chi connectivity index (χ4n) is 1.55. The maximum Gasteiger partial charge on any atom is 0.151 e. The predicted octanol–water partition coefficient (Wildman–Crippen LogP) is 0.108. The third-order valence-corrected chi connectivity index (χ3v) is 4.36. The summed E-state index contributed by atoms with van der Waals surface area (Å²) in [5.74, 6) is 0.511. The highest BCUT2D eigenvalue weighted by molar-refractivity contribution is 7.91. The fourth-order valence-corrected chi connectivity index (χ4v) is 2.91. The number of nitrogens with zero attached hydrogens (tertiary/aromatic N) is 1. The summed E-state index contributed by atoms with van der Waals surface area (Å²) in [6, 6.07) is 0. The lowest BCUT2D eigenvalue weighted by Crippen LogP contribution is -2.34. The summed E-state index contributed by atoms with van der Waals surface area (Å²) in [6.45, 7) is 5.31. The molecule has 2 N–H and O–H groups in total. The average Bonchev–Trinajstić information content (AvgIpc) is 2.28. The van der Waals surface area contributed by atoms with E-state index in [4.69, 9.17) is 10.5 Å². The maximum absolute atomic E-state index is 11.6. The van der Waals surface area contributed by atoms with Crippen molar-refractivity contribution in [1.82, 2.24) is 4.90 Å². The normalized spacial score (nSPS) is 12.2. The van der Waals surface area contributed by atoms with Gasteiger partial charge in [0.05, 0.1) is 12.4 Å². The average molecular weight is 266 g/mol. The Bertz CT molecular complexity index is 260. The molecule has 0 bridgehead atoms. The summed E-state index contributed by atoms with van der Waals surface area (Å²) < 4.78 is 28.2. The van der Waals surface area contributed by atoms with Crippen molar-refractivity contribution in [2.24, 2.45) is 5.73 Å². The molecular weight excluding hydrogens is 240 g/mol. The molecule has 0 heterocycles. The van der Waals surface area contributed by atoms with Crippen LogP contribution in [0.25, 0.3) is 0 Å². The molecule has 0 amide bonds. The lowest BCUT2D eigenvalue weighted by Gasteiger charge is -2.21. The van der Waals surface area contributed by atoms with E-state index >= 15 is 0 Å². The van der Waals surface area contributed by atoms with Crippen LogP contribution in [0.4, 0.5) is 0 Å². The van der Waals surface area contributed by atoms with Crippen molar-refractivity contribution in [2.75, 3.05) is 51.4 Å². The van der Waals surface area contributed by atoms with Gasteiger partial charge in [0, 0.05) is 26.0 Å². The zero-order valence-corrected chi connectivity index (χ0v) is 11.8. The van der Waals surface area contributed by atoms with E-state index in [0.717, 1.165) is 19.5 Å². The summed E-state index contributed by atoms with van der Waals surface area (Å²) in [6.07, 6.45) is 1.57. The largest absolute Gasteiger partial charge is 0.383 e. The second-order valence-corrected chi connectivity index (χ2v) is 6.43. The Kier molecular flexibility index (Phi) is 9.72. The van der Waals surface area contributed by atoms with E-state index in [1.807, 2.05) is 6.92 Å². The quantitative estimate of drug-likeness (QED) is 0.574. The Morgan fingerprint density at radius 1 is 1.18 bits per heavy atom. The smallest absolute Gasteiger partial charge is 0.151 e. The summed E-state index contributed by atoms with van der Waals surface area (Å²) in [4.78, 5) is 2.10. The summed E-state index contributed by atoms with van der Waals surface area (Å²) >= 11 is 0. The Morgan fingerprint density at radius 2 is 1.88 bits per heavy atom. The van der Waals surface area contributed by atoms with Crippen LogP contribution in [0.15, 0.2) is 0 Å². The minimum Gasteiger partial charge on any atom is -0.383 e. The van der Waals surface area contributed by atoms with Gasteiger partial charge in [0.15, 0.2) is 9.84 Å². The van der Waals surface area contributed by atoms with E-state index in [9.17, 15) is 8.42 Å². The molecule has 5 nitrogen and oxygen atoms in total. The predicted molar refractivity (Wildman–Crippen MR) is 70.9 cm³/mol. The van der Waals surface area contributed by atoms with Crippen LogP contribution in [0.2, 0.25) is 0 Å². The van der Waals surface area contributed by atoms with Crippen molar-refractivity contribution in [3.05, 3.63) is 0 Å². The fraction of sp³-hybridized carbons (Fsp3) is 1.00. The minimum absolute atomic E-state index is 0.231. The SMILES string of the molecule is CCCS(=O)(=O)CCN(CCCN)CCOC. The van der Waals surface area contributed by atoms with Gasteiger partial charge >= 0.3 is 0 Å². The minimum atomic E-state index is -2.89. The molecule has 0 saturated carbocycles. The van der Waals surface area contributed by atoms with Gasteiger partial charge in [0.1, 0.15) is 0 Å². The van der Waals surface area contributed by atoms with Crippen LogP contribution in [-0.4, -0.2) is 64.7 Å². The topological polar surface area (TPSA) is 72.6 Å². The highest BCUT2D eigenvalue weighted by atomic mass is 32.2. The highest BCUT2D eigenvalue weighted by Crippen LogP contribution is 1.98. The Balaban J connectivity index is 4.04. The van der Waals surface area contributed by atoms with E-state index in [1.54, 1.807) is 7.11 Å². The monoisotopic (exact) mass is 266 g/mol. The maximum atomic E-state index is 11.6. The van der Waals surface area contributed by atoms with Crippen molar-refractivity contribution in [1.29, 1.82) is 0 Å². The van der Waals surface area contributed by atoms with Crippen LogP contribution in [0.3, 0.4) is 0 Å².